The van der Waals surface area contributed by atoms with Crippen LogP contribution in [0.1, 0.15) is 47.5 Å². The maximum absolute atomic E-state index is 12.8. The summed E-state index contributed by atoms with van der Waals surface area (Å²) in [6.07, 6.45) is -1.35. The van der Waals surface area contributed by atoms with E-state index in [1.807, 2.05) is 18.4 Å². The van der Waals surface area contributed by atoms with Gasteiger partial charge in [-0.1, -0.05) is 0 Å². The number of nitrogens with zero attached hydrogens (tertiary/aromatic N) is 5. The number of nitrogens with one attached hydrogen (secondary N) is 1. The Morgan fingerprint density at radius 1 is 1.21 bits per heavy atom. The van der Waals surface area contributed by atoms with Crippen molar-refractivity contribution in [3.63, 3.8) is 0 Å². The predicted octanol–water partition coefficient (Wildman–Crippen LogP) is 3.10. The van der Waals surface area contributed by atoms with E-state index >= 15 is 0 Å². The Morgan fingerprint density at radius 2 is 1.96 bits per heavy atom. The largest absolute Gasteiger partial charge is 0.433 e. The molecule has 1 amide bonds. The second kappa shape index (κ2) is 7.53. The Kier molecular flexibility index (Phi) is 5.30. The lowest BCUT2D eigenvalue weighted by atomic mass is 10.2. The number of pyridine rings is 1. The van der Waals surface area contributed by atoms with Crippen LogP contribution in [0, 0.1) is 6.92 Å². The zero-order chi connectivity index (χ0) is 20.5. The standard InChI is InChI=1S/C18H19F3N6O/c1-10(2)27-9-24-13-7-12(8-23-16(13)27)17(28)22-5-4-15-25-11(3)6-14(26-15)18(19,20)21/h6-10H,4-5H2,1-3H3,(H,22,28). The highest BCUT2D eigenvalue weighted by molar-refractivity contribution is 5.96. The van der Waals surface area contributed by atoms with Crippen LogP contribution in [0.2, 0.25) is 0 Å². The topological polar surface area (TPSA) is 85.6 Å². The van der Waals surface area contributed by atoms with E-state index in [1.54, 1.807) is 12.4 Å². The van der Waals surface area contributed by atoms with Gasteiger partial charge in [0.2, 0.25) is 0 Å². The normalized spacial score (nSPS) is 12.0. The molecule has 0 saturated heterocycles. The molecule has 0 aliphatic rings. The van der Waals surface area contributed by atoms with E-state index in [0.717, 1.165) is 6.07 Å². The summed E-state index contributed by atoms with van der Waals surface area (Å²) in [5, 5.41) is 2.64. The highest BCUT2D eigenvalue weighted by Crippen LogP contribution is 2.27. The lowest BCUT2D eigenvalue weighted by Crippen LogP contribution is -2.26. The van der Waals surface area contributed by atoms with Crippen LogP contribution in [0.3, 0.4) is 0 Å². The van der Waals surface area contributed by atoms with Crippen LogP contribution in [-0.4, -0.2) is 37.0 Å². The number of amides is 1. The van der Waals surface area contributed by atoms with Gasteiger partial charge in [-0.3, -0.25) is 4.79 Å². The van der Waals surface area contributed by atoms with Gasteiger partial charge in [-0.2, -0.15) is 13.2 Å². The second-order valence-corrected chi connectivity index (χ2v) is 6.63. The van der Waals surface area contributed by atoms with Crippen LogP contribution in [0.4, 0.5) is 13.2 Å². The molecule has 0 aliphatic heterocycles. The molecule has 148 valence electrons. The number of hydrogen-bond acceptors (Lipinski definition) is 5. The van der Waals surface area contributed by atoms with Gasteiger partial charge >= 0.3 is 6.18 Å². The summed E-state index contributed by atoms with van der Waals surface area (Å²) < 4.78 is 40.4. The smallest absolute Gasteiger partial charge is 0.352 e. The highest BCUT2D eigenvalue weighted by Gasteiger charge is 2.33. The van der Waals surface area contributed by atoms with Crippen LogP contribution in [0.15, 0.2) is 24.7 Å². The van der Waals surface area contributed by atoms with Crippen LogP contribution in [0.5, 0.6) is 0 Å². The summed E-state index contributed by atoms with van der Waals surface area (Å²) in [5.74, 6) is -0.367. The maximum atomic E-state index is 12.8. The first-order valence-electron chi connectivity index (χ1n) is 8.67. The van der Waals surface area contributed by atoms with Gasteiger partial charge in [-0.15, -0.1) is 0 Å². The van der Waals surface area contributed by atoms with Crippen molar-refractivity contribution in [2.75, 3.05) is 6.54 Å². The van der Waals surface area contributed by atoms with E-state index < -0.39 is 17.8 Å². The fourth-order valence-corrected chi connectivity index (χ4v) is 2.70. The van der Waals surface area contributed by atoms with Crippen molar-refractivity contribution >= 4 is 17.1 Å². The molecule has 3 rings (SSSR count). The molecular weight excluding hydrogens is 373 g/mol. The number of aromatic nitrogens is 5. The summed E-state index contributed by atoms with van der Waals surface area (Å²) in [6, 6.07) is 2.70. The summed E-state index contributed by atoms with van der Waals surface area (Å²) in [5.41, 5.74) is 0.830. The summed E-state index contributed by atoms with van der Waals surface area (Å²) in [4.78, 5) is 28.4. The number of halogens is 3. The molecule has 7 nitrogen and oxygen atoms in total. The van der Waals surface area contributed by atoms with Crippen LogP contribution < -0.4 is 5.32 Å². The van der Waals surface area contributed by atoms with E-state index in [9.17, 15) is 18.0 Å². The third-order valence-corrected chi connectivity index (χ3v) is 4.06. The quantitative estimate of drug-likeness (QED) is 0.721. The maximum Gasteiger partial charge on any atom is 0.433 e. The number of hydrogen-bond donors (Lipinski definition) is 1. The Bertz CT molecular complexity index is 1010. The molecule has 0 aromatic carbocycles. The molecule has 3 heterocycles. The molecule has 0 aliphatic carbocycles. The van der Waals surface area contributed by atoms with Gasteiger partial charge in [0.25, 0.3) is 5.91 Å². The van der Waals surface area contributed by atoms with Gasteiger partial charge in [0.1, 0.15) is 17.0 Å². The first-order valence-corrected chi connectivity index (χ1v) is 8.67. The SMILES string of the molecule is Cc1cc(C(F)(F)F)nc(CCNC(=O)c2cnc3c(c2)ncn3C(C)C)n1. The van der Waals surface area contributed by atoms with E-state index in [0.29, 0.717) is 16.7 Å². The molecule has 1 N–H and O–H groups in total. The fourth-order valence-electron chi connectivity index (χ4n) is 2.70. The van der Waals surface area contributed by atoms with Crippen molar-refractivity contribution in [3.05, 3.63) is 47.4 Å². The van der Waals surface area contributed by atoms with Crippen LogP contribution >= 0.6 is 0 Å². The Hall–Kier alpha value is -3.04. The number of carbonyl (C=O) groups is 1. The molecular formula is C18H19F3N6O. The molecule has 0 atom stereocenters. The third kappa shape index (κ3) is 4.26. The average molecular weight is 392 g/mol. The molecule has 0 bridgehead atoms. The summed E-state index contributed by atoms with van der Waals surface area (Å²) in [6.45, 7) is 5.57. The minimum Gasteiger partial charge on any atom is -0.352 e. The van der Waals surface area contributed by atoms with Crippen molar-refractivity contribution in [1.29, 1.82) is 0 Å². The van der Waals surface area contributed by atoms with Gasteiger partial charge < -0.3 is 9.88 Å². The van der Waals surface area contributed by atoms with Crippen molar-refractivity contribution in [3.8, 4) is 0 Å². The lowest BCUT2D eigenvalue weighted by Gasteiger charge is -2.10. The molecule has 3 aromatic heterocycles. The molecule has 28 heavy (non-hydrogen) atoms. The lowest BCUT2D eigenvalue weighted by molar-refractivity contribution is -0.141. The zero-order valence-electron chi connectivity index (χ0n) is 15.6. The van der Waals surface area contributed by atoms with E-state index in [-0.39, 0.29) is 30.5 Å². The predicted molar refractivity (Wildman–Crippen MR) is 95.7 cm³/mol. The molecule has 0 spiro atoms. The minimum atomic E-state index is -4.54. The van der Waals surface area contributed by atoms with Crippen molar-refractivity contribution < 1.29 is 18.0 Å². The Balaban J connectivity index is 1.66. The number of carbonyl (C=O) groups excluding carboxylic acids is 1. The summed E-state index contributed by atoms with van der Waals surface area (Å²) in [7, 11) is 0. The Labute approximate surface area is 159 Å². The van der Waals surface area contributed by atoms with Gasteiger partial charge in [0, 0.05) is 30.9 Å². The molecule has 3 aromatic rings. The third-order valence-electron chi connectivity index (χ3n) is 4.06. The van der Waals surface area contributed by atoms with Crippen molar-refractivity contribution in [2.24, 2.45) is 0 Å². The van der Waals surface area contributed by atoms with Crippen LogP contribution in [0.25, 0.3) is 11.2 Å². The second-order valence-electron chi connectivity index (χ2n) is 6.63. The molecule has 0 saturated carbocycles. The first kappa shape index (κ1) is 19.7. The minimum absolute atomic E-state index is 0.0249. The van der Waals surface area contributed by atoms with E-state index in [1.165, 1.54) is 13.1 Å². The molecule has 0 fully saturated rings. The van der Waals surface area contributed by atoms with Crippen molar-refractivity contribution in [2.45, 2.75) is 39.4 Å². The Morgan fingerprint density at radius 3 is 2.64 bits per heavy atom. The van der Waals surface area contributed by atoms with Crippen molar-refractivity contribution in [1.82, 2.24) is 29.8 Å². The first-order chi connectivity index (χ1) is 13.1. The molecule has 0 unspecified atom stereocenters. The monoisotopic (exact) mass is 392 g/mol. The molecule has 0 radical (unpaired) electrons. The summed E-state index contributed by atoms with van der Waals surface area (Å²) >= 11 is 0. The number of aryl methyl sites for hydroxylation is 1. The number of imidazole rings is 1. The number of alkyl halides is 3. The molecule has 10 heteroatoms. The zero-order valence-corrected chi connectivity index (χ0v) is 15.6. The average Bonchev–Trinajstić information content (AvgIpc) is 3.03. The van der Waals surface area contributed by atoms with Gasteiger partial charge in [-0.05, 0) is 32.9 Å². The van der Waals surface area contributed by atoms with Gasteiger partial charge in [0.15, 0.2) is 5.65 Å². The fraction of sp³-hybridized carbons (Fsp3) is 0.389. The van der Waals surface area contributed by atoms with E-state index in [4.69, 9.17) is 0 Å². The van der Waals surface area contributed by atoms with Gasteiger partial charge in [0.05, 0.1) is 11.9 Å². The van der Waals surface area contributed by atoms with Crippen LogP contribution in [-0.2, 0) is 12.6 Å². The van der Waals surface area contributed by atoms with Gasteiger partial charge in [-0.25, -0.2) is 19.9 Å². The highest BCUT2D eigenvalue weighted by atomic mass is 19.4. The number of rotatable bonds is 5. The van der Waals surface area contributed by atoms with E-state index in [2.05, 4.69) is 25.3 Å². The number of fused-ring (bicyclic) bond motifs is 1.